The number of rotatable bonds is 6. The zero-order valence-corrected chi connectivity index (χ0v) is 18.7. The van der Waals surface area contributed by atoms with Crippen LogP contribution in [-0.2, 0) is 14.8 Å². The minimum absolute atomic E-state index is 0.102. The Kier molecular flexibility index (Phi) is 7.19. The van der Waals surface area contributed by atoms with Gasteiger partial charge in [-0.05, 0) is 57.4 Å². The number of carbonyl (C=O) groups is 1. The van der Waals surface area contributed by atoms with Gasteiger partial charge in [-0.2, -0.15) is 4.31 Å². The molecule has 1 aromatic rings. The van der Waals surface area contributed by atoms with Gasteiger partial charge in [-0.1, -0.05) is 12.8 Å². The Morgan fingerprint density at radius 2 is 1.79 bits per heavy atom. The largest absolute Gasteiger partial charge is 0.376 e. The third-order valence-corrected chi connectivity index (χ3v) is 7.86. The van der Waals surface area contributed by atoms with Gasteiger partial charge in [-0.25, -0.2) is 8.42 Å². The molecular formula is C21H34N4O3S. The quantitative estimate of drug-likeness (QED) is 0.763. The molecule has 2 saturated heterocycles. The van der Waals surface area contributed by atoms with E-state index in [-0.39, 0.29) is 10.8 Å². The molecule has 1 atom stereocenters. The fourth-order valence-electron chi connectivity index (χ4n) is 4.19. The van der Waals surface area contributed by atoms with E-state index >= 15 is 0 Å². The fraction of sp³-hybridized carbons (Fsp3) is 0.667. The number of carbonyl (C=O) groups excluding carboxylic acids is 1. The van der Waals surface area contributed by atoms with Crippen molar-refractivity contribution in [1.29, 1.82) is 0 Å². The van der Waals surface area contributed by atoms with Crippen LogP contribution in [0.3, 0.4) is 0 Å². The number of hydrogen-bond acceptors (Lipinski definition) is 5. The second-order valence-electron chi connectivity index (χ2n) is 8.40. The summed E-state index contributed by atoms with van der Waals surface area (Å²) in [5, 5.41) is 2.97. The van der Waals surface area contributed by atoms with E-state index in [1.807, 2.05) is 19.0 Å². The van der Waals surface area contributed by atoms with Crippen molar-refractivity contribution in [2.45, 2.75) is 56.4 Å². The normalized spacial score (nSPS) is 21.7. The summed E-state index contributed by atoms with van der Waals surface area (Å²) in [6.07, 6.45) is 6.30. The molecule has 29 heavy (non-hydrogen) atoms. The molecule has 162 valence electrons. The number of hydrogen-bond donors (Lipinski definition) is 1. The lowest BCUT2D eigenvalue weighted by Gasteiger charge is -2.32. The Morgan fingerprint density at radius 1 is 1.10 bits per heavy atom. The molecule has 0 saturated carbocycles. The highest BCUT2D eigenvalue weighted by Gasteiger charge is 2.27. The van der Waals surface area contributed by atoms with Crippen LogP contribution in [-0.4, -0.2) is 69.8 Å². The molecule has 1 amide bonds. The van der Waals surface area contributed by atoms with E-state index in [0.29, 0.717) is 31.4 Å². The first-order valence-electron chi connectivity index (χ1n) is 10.6. The van der Waals surface area contributed by atoms with Crippen LogP contribution in [0.1, 0.15) is 45.4 Å². The summed E-state index contributed by atoms with van der Waals surface area (Å²) in [5.74, 6) is -0.102. The molecule has 8 heteroatoms. The van der Waals surface area contributed by atoms with Crippen LogP contribution in [0, 0.1) is 0 Å². The maximum absolute atomic E-state index is 13.1. The molecule has 3 rings (SSSR count). The maximum atomic E-state index is 13.1. The van der Waals surface area contributed by atoms with Crippen molar-refractivity contribution in [3.05, 3.63) is 18.2 Å². The third-order valence-electron chi connectivity index (χ3n) is 5.96. The SMILES string of the molecule is C[C@@H]1CCCCN1CC(=O)Nc1cc(S(=O)(=O)N2CCCCC2)ccc1N(C)C. The van der Waals surface area contributed by atoms with Crippen molar-refractivity contribution in [3.8, 4) is 0 Å². The summed E-state index contributed by atoms with van der Waals surface area (Å²) in [6, 6.07) is 5.42. The zero-order valence-electron chi connectivity index (χ0n) is 17.9. The van der Waals surface area contributed by atoms with E-state index in [1.54, 1.807) is 22.5 Å². The highest BCUT2D eigenvalue weighted by molar-refractivity contribution is 7.89. The average Bonchev–Trinajstić information content (AvgIpc) is 2.70. The molecule has 2 fully saturated rings. The van der Waals surface area contributed by atoms with E-state index in [2.05, 4.69) is 17.1 Å². The average molecular weight is 423 g/mol. The fourth-order valence-corrected chi connectivity index (χ4v) is 5.73. The standard InChI is InChI=1S/C21H34N4O3S/c1-17-9-5-8-12-24(17)16-21(26)22-19-15-18(10-11-20(19)23(2)3)29(27,28)25-13-6-4-7-14-25/h10-11,15,17H,4-9,12-14,16H2,1-3H3,(H,22,26)/t17-/m1/s1. The lowest BCUT2D eigenvalue weighted by Crippen LogP contribution is -2.42. The van der Waals surface area contributed by atoms with Gasteiger partial charge in [0.05, 0.1) is 22.8 Å². The summed E-state index contributed by atoms with van der Waals surface area (Å²) < 4.78 is 27.7. The lowest BCUT2D eigenvalue weighted by atomic mass is 10.0. The zero-order chi connectivity index (χ0) is 21.0. The number of piperidine rings is 2. The molecule has 0 aromatic heterocycles. The predicted octanol–water partition coefficient (Wildman–Crippen LogP) is 2.74. The summed E-state index contributed by atoms with van der Waals surface area (Å²) in [7, 11) is 0.225. The van der Waals surface area contributed by atoms with E-state index in [9.17, 15) is 13.2 Å². The van der Waals surface area contributed by atoms with Crippen molar-refractivity contribution in [2.75, 3.05) is 50.5 Å². The van der Waals surface area contributed by atoms with Crippen LogP contribution >= 0.6 is 0 Å². The highest BCUT2D eigenvalue weighted by Crippen LogP contribution is 2.30. The van der Waals surface area contributed by atoms with Gasteiger partial charge >= 0.3 is 0 Å². The molecule has 7 nitrogen and oxygen atoms in total. The molecule has 2 heterocycles. The number of sulfonamides is 1. The lowest BCUT2D eigenvalue weighted by molar-refractivity contribution is -0.118. The van der Waals surface area contributed by atoms with Crippen LogP contribution in [0.25, 0.3) is 0 Å². The Bertz CT molecular complexity index is 819. The molecule has 1 aromatic carbocycles. The molecule has 2 aliphatic heterocycles. The van der Waals surface area contributed by atoms with E-state index < -0.39 is 10.0 Å². The first-order chi connectivity index (χ1) is 13.8. The van der Waals surface area contributed by atoms with Crippen molar-refractivity contribution in [3.63, 3.8) is 0 Å². The molecule has 0 radical (unpaired) electrons. The van der Waals surface area contributed by atoms with Crippen LogP contribution in [0.2, 0.25) is 0 Å². The number of nitrogens with one attached hydrogen (secondary N) is 1. The Labute approximate surface area is 175 Å². The number of benzene rings is 1. The molecule has 0 spiro atoms. The van der Waals surface area contributed by atoms with Crippen LogP contribution in [0.5, 0.6) is 0 Å². The van der Waals surface area contributed by atoms with E-state index in [0.717, 1.165) is 44.3 Å². The van der Waals surface area contributed by atoms with Gasteiger partial charge in [-0.3, -0.25) is 9.69 Å². The highest BCUT2D eigenvalue weighted by atomic mass is 32.2. The first-order valence-corrected chi connectivity index (χ1v) is 12.1. The number of nitrogens with zero attached hydrogens (tertiary/aromatic N) is 3. The van der Waals surface area contributed by atoms with Gasteiger partial charge < -0.3 is 10.2 Å². The summed E-state index contributed by atoms with van der Waals surface area (Å²) in [4.78, 5) is 17.1. The van der Waals surface area contributed by atoms with Gasteiger partial charge in [-0.15, -0.1) is 0 Å². The monoisotopic (exact) mass is 422 g/mol. The minimum Gasteiger partial charge on any atom is -0.376 e. The Balaban J connectivity index is 1.80. The molecule has 0 bridgehead atoms. The van der Waals surface area contributed by atoms with Gasteiger partial charge in [0.15, 0.2) is 0 Å². The van der Waals surface area contributed by atoms with E-state index in [1.165, 1.54) is 6.42 Å². The number of likely N-dealkylation sites (tertiary alicyclic amines) is 1. The summed E-state index contributed by atoms with van der Waals surface area (Å²) in [6.45, 7) is 4.54. The maximum Gasteiger partial charge on any atom is 0.243 e. The molecule has 1 N–H and O–H groups in total. The molecule has 0 unspecified atom stereocenters. The van der Waals surface area contributed by atoms with Gasteiger partial charge in [0.1, 0.15) is 0 Å². The van der Waals surface area contributed by atoms with E-state index in [4.69, 9.17) is 0 Å². The second kappa shape index (κ2) is 9.45. The number of amides is 1. The van der Waals surface area contributed by atoms with Crippen LogP contribution in [0.15, 0.2) is 23.1 Å². The van der Waals surface area contributed by atoms with Crippen molar-refractivity contribution in [2.24, 2.45) is 0 Å². The van der Waals surface area contributed by atoms with Crippen molar-refractivity contribution >= 4 is 27.3 Å². The predicted molar refractivity (Wildman–Crippen MR) is 117 cm³/mol. The molecular weight excluding hydrogens is 388 g/mol. The summed E-state index contributed by atoms with van der Waals surface area (Å²) in [5.41, 5.74) is 1.34. The van der Waals surface area contributed by atoms with Gasteiger partial charge in [0.2, 0.25) is 15.9 Å². The van der Waals surface area contributed by atoms with Crippen LogP contribution in [0.4, 0.5) is 11.4 Å². The molecule has 2 aliphatic rings. The van der Waals surface area contributed by atoms with Gasteiger partial charge in [0.25, 0.3) is 0 Å². The Hall–Kier alpha value is -1.64. The smallest absolute Gasteiger partial charge is 0.243 e. The van der Waals surface area contributed by atoms with Crippen molar-refractivity contribution < 1.29 is 13.2 Å². The first kappa shape index (κ1) is 22.1. The Morgan fingerprint density at radius 3 is 2.45 bits per heavy atom. The minimum atomic E-state index is -3.55. The summed E-state index contributed by atoms with van der Waals surface area (Å²) >= 11 is 0. The van der Waals surface area contributed by atoms with Crippen molar-refractivity contribution in [1.82, 2.24) is 9.21 Å². The van der Waals surface area contributed by atoms with Gasteiger partial charge in [0, 0.05) is 33.2 Å². The van der Waals surface area contributed by atoms with Crippen LogP contribution < -0.4 is 10.2 Å². The second-order valence-corrected chi connectivity index (χ2v) is 10.3. The molecule has 0 aliphatic carbocycles. The number of anilines is 2. The third kappa shape index (κ3) is 5.29. The topological polar surface area (TPSA) is 73.0 Å².